The molecule has 1 rings (SSSR count). The van der Waals surface area contributed by atoms with Gasteiger partial charge in [0.1, 0.15) is 0 Å². The van der Waals surface area contributed by atoms with E-state index in [-0.39, 0.29) is 23.0 Å². The molecule has 3 N–H and O–H groups in total. The number of aromatic carboxylic acids is 1. The Labute approximate surface area is 104 Å². The first kappa shape index (κ1) is 13.5. The van der Waals surface area contributed by atoms with Gasteiger partial charge in [-0.2, -0.15) is 0 Å². The molecule has 0 spiro atoms. The highest BCUT2D eigenvalue weighted by atomic mass is 35.5. The number of anilines is 1. The van der Waals surface area contributed by atoms with Crippen LogP contribution in [-0.4, -0.2) is 30.1 Å². The lowest BCUT2D eigenvalue weighted by molar-refractivity contribution is -0.115. The monoisotopic (exact) mass is 256 g/mol. The second-order valence-electron chi connectivity index (χ2n) is 3.33. The van der Waals surface area contributed by atoms with Crippen LogP contribution in [-0.2, 0) is 4.79 Å². The number of amides is 1. The number of hydrogen-bond acceptors (Lipinski definition) is 3. The predicted octanol–water partition coefficient (Wildman–Crippen LogP) is 1.59. The fraction of sp³-hybridized carbons (Fsp3) is 0.273. The second kappa shape index (κ2) is 6.22. The first-order valence-corrected chi connectivity index (χ1v) is 5.45. The van der Waals surface area contributed by atoms with Gasteiger partial charge in [0.2, 0.25) is 5.91 Å². The zero-order valence-electron chi connectivity index (χ0n) is 9.29. The molecule has 0 unspecified atom stereocenters. The molecule has 0 aliphatic heterocycles. The van der Waals surface area contributed by atoms with Crippen LogP contribution in [0.15, 0.2) is 18.2 Å². The average molecular weight is 257 g/mol. The smallest absolute Gasteiger partial charge is 0.337 e. The molecule has 0 radical (unpaired) electrons. The Balaban J connectivity index is 2.70. The van der Waals surface area contributed by atoms with Gasteiger partial charge in [-0.3, -0.25) is 4.79 Å². The minimum atomic E-state index is -1.10. The normalized spacial score (nSPS) is 10.0. The number of nitrogens with one attached hydrogen (secondary N) is 2. The van der Waals surface area contributed by atoms with Crippen molar-refractivity contribution in [3.8, 4) is 0 Å². The van der Waals surface area contributed by atoms with Crippen molar-refractivity contribution in [2.45, 2.75) is 6.92 Å². The van der Waals surface area contributed by atoms with Crippen molar-refractivity contribution in [3.63, 3.8) is 0 Å². The first-order valence-electron chi connectivity index (χ1n) is 5.08. The average Bonchev–Trinajstić information content (AvgIpc) is 2.26. The van der Waals surface area contributed by atoms with E-state index in [0.29, 0.717) is 12.2 Å². The number of carboxylic acid groups (broad SMARTS) is 1. The summed E-state index contributed by atoms with van der Waals surface area (Å²) in [6.07, 6.45) is 0. The van der Waals surface area contributed by atoms with E-state index in [1.54, 1.807) is 0 Å². The summed E-state index contributed by atoms with van der Waals surface area (Å²) in [4.78, 5) is 22.1. The Morgan fingerprint density at radius 3 is 2.65 bits per heavy atom. The zero-order valence-corrected chi connectivity index (χ0v) is 10.0. The molecule has 17 heavy (non-hydrogen) atoms. The maximum absolute atomic E-state index is 11.4. The molecule has 1 aromatic carbocycles. The molecular weight excluding hydrogens is 244 g/mol. The standard InChI is InChI=1S/C11H13ClN2O3/c1-2-13-6-10(15)14-7-3-4-8(11(16)17)9(12)5-7/h3-5,13H,2,6H2,1H3,(H,14,15)(H,16,17). The molecule has 0 saturated heterocycles. The molecule has 0 saturated carbocycles. The van der Waals surface area contributed by atoms with E-state index < -0.39 is 5.97 Å². The molecule has 0 fully saturated rings. The number of carboxylic acids is 1. The lowest BCUT2D eigenvalue weighted by Crippen LogP contribution is -2.27. The van der Waals surface area contributed by atoms with Crippen LogP contribution in [0.1, 0.15) is 17.3 Å². The fourth-order valence-corrected chi connectivity index (χ4v) is 1.47. The van der Waals surface area contributed by atoms with Gasteiger partial charge in [-0.1, -0.05) is 18.5 Å². The Kier molecular flexibility index (Phi) is 4.93. The number of halogens is 1. The van der Waals surface area contributed by atoms with Gasteiger partial charge in [0.25, 0.3) is 0 Å². The van der Waals surface area contributed by atoms with E-state index in [4.69, 9.17) is 16.7 Å². The molecule has 5 nitrogen and oxygen atoms in total. The molecular formula is C11H13ClN2O3. The van der Waals surface area contributed by atoms with E-state index in [1.165, 1.54) is 18.2 Å². The van der Waals surface area contributed by atoms with Gasteiger partial charge in [-0.05, 0) is 24.7 Å². The zero-order chi connectivity index (χ0) is 12.8. The summed E-state index contributed by atoms with van der Waals surface area (Å²) in [5, 5.41) is 14.3. The molecule has 0 heterocycles. The molecule has 1 aromatic rings. The second-order valence-corrected chi connectivity index (χ2v) is 3.74. The van der Waals surface area contributed by atoms with Gasteiger partial charge in [-0.25, -0.2) is 4.79 Å². The van der Waals surface area contributed by atoms with Crippen molar-refractivity contribution >= 4 is 29.2 Å². The Bertz CT molecular complexity index is 435. The number of hydrogen-bond donors (Lipinski definition) is 3. The number of likely N-dealkylation sites (N-methyl/N-ethyl adjacent to an activating group) is 1. The molecule has 0 bridgehead atoms. The largest absolute Gasteiger partial charge is 0.478 e. The van der Waals surface area contributed by atoms with Crippen molar-refractivity contribution in [2.75, 3.05) is 18.4 Å². The third-order valence-corrected chi connectivity index (χ3v) is 2.33. The van der Waals surface area contributed by atoms with Crippen molar-refractivity contribution in [1.29, 1.82) is 0 Å². The van der Waals surface area contributed by atoms with Crippen molar-refractivity contribution in [3.05, 3.63) is 28.8 Å². The molecule has 0 aliphatic carbocycles. The van der Waals surface area contributed by atoms with Crippen LogP contribution < -0.4 is 10.6 Å². The number of carbonyl (C=O) groups excluding carboxylic acids is 1. The third kappa shape index (κ3) is 4.05. The van der Waals surface area contributed by atoms with Crippen LogP contribution >= 0.6 is 11.6 Å². The summed E-state index contributed by atoms with van der Waals surface area (Å²) in [6.45, 7) is 2.80. The highest BCUT2D eigenvalue weighted by Gasteiger charge is 2.09. The Morgan fingerprint density at radius 2 is 2.12 bits per heavy atom. The van der Waals surface area contributed by atoms with Crippen LogP contribution in [0.25, 0.3) is 0 Å². The summed E-state index contributed by atoms with van der Waals surface area (Å²) in [5.74, 6) is -1.30. The minimum absolute atomic E-state index is 0.0105. The Morgan fingerprint density at radius 1 is 1.41 bits per heavy atom. The SMILES string of the molecule is CCNCC(=O)Nc1ccc(C(=O)O)c(Cl)c1. The van der Waals surface area contributed by atoms with Gasteiger partial charge < -0.3 is 15.7 Å². The topological polar surface area (TPSA) is 78.4 Å². The highest BCUT2D eigenvalue weighted by Crippen LogP contribution is 2.20. The Hall–Kier alpha value is -1.59. The van der Waals surface area contributed by atoms with Gasteiger partial charge in [0.05, 0.1) is 17.1 Å². The molecule has 0 aliphatic rings. The van der Waals surface area contributed by atoms with Crippen LogP contribution in [0.5, 0.6) is 0 Å². The quantitative estimate of drug-likeness (QED) is 0.748. The van der Waals surface area contributed by atoms with Crippen molar-refractivity contribution < 1.29 is 14.7 Å². The summed E-state index contributed by atoms with van der Waals surface area (Å²) in [6, 6.07) is 4.27. The maximum atomic E-state index is 11.4. The first-order chi connectivity index (χ1) is 8.04. The lowest BCUT2D eigenvalue weighted by atomic mass is 10.2. The number of benzene rings is 1. The maximum Gasteiger partial charge on any atom is 0.337 e. The van der Waals surface area contributed by atoms with E-state index in [1.807, 2.05) is 6.92 Å². The van der Waals surface area contributed by atoms with Gasteiger partial charge in [0, 0.05) is 5.69 Å². The van der Waals surface area contributed by atoms with E-state index in [9.17, 15) is 9.59 Å². The highest BCUT2D eigenvalue weighted by molar-refractivity contribution is 6.33. The summed E-state index contributed by atoms with van der Waals surface area (Å²) >= 11 is 5.76. The van der Waals surface area contributed by atoms with Gasteiger partial charge in [0.15, 0.2) is 0 Å². The lowest BCUT2D eigenvalue weighted by Gasteiger charge is -2.07. The third-order valence-electron chi connectivity index (χ3n) is 2.02. The van der Waals surface area contributed by atoms with Crippen LogP contribution in [0.4, 0.5) is 5.69 Å². The molecule has 0 atom stereocenters. The van der Waals surface area contributed by atoms with E-state index in [2.05, 4.69) is 10.6 Å². The van der Waals surface area contributed by atoms with Crippen molar-refractivity contribution in [2.24, 2.45) is 0 Å². The van der Waals surface area contributed by atoms with Crippen molar-refractivity contribution in [1.82, 2.24) is 5.32 Å². The summed E-state index contributed by atoms with van der Waals surface area (Å²) in [7, 11) is 0. The molecule has 6 heteroatoms. The van der Waals surface area contributed by atoms with Crippen LogP contribution in [0.2, 0.25) is 5.02 Å². The molecule has 1 amide bonds. The number of carbonyl (C=O) groups is 2. The fourth-order valence-electron chi connectivity index (χ4n) is 1.21. The number of rotatable bonds is 5. The summed E-state index contributed by atoms with van der Waals surface area (Å²) < 4.78 is 0. The molecule has 92 valence electrons. The van der Waals surface area contributed by atoms with Gasteiger partial charge >= 0.3 is 5.97 Å². The van der Waals surface area contributed by atoms with Crippen LogP contribution in [0, 0.1) is 0 Å². The van der Waals surface area contributed by atoms with Crippen LogP contribution in [0.3, 0.4) is 0 Å². The minimum Gasteiger partial charge on any atom is -0.478 e. The summed E-state index contributed by atoms with van der Waals surface area (Å²) in [5.41, 5.74) is 0.485. The predicted molar refractivity (Wildman–Crippen MR) is 65.6 cm³/mol. The molecule has 0 aromatic heterocycles. The van der Waals surface area contributed by atoms with E-state index >= 15 is 0 Å². The van der Waals surface area contributed by atoms with E-state index in [0.717, 1.165) is 0 Å². The van der Waals surface area contributed by atoms with Gasteiger partial charge in [-0.15, -0.1) is 0 Å².